The minimum absolute atomic E-state index is 0.0671. The number of carbonyl (C=O) groups excluding carboxylic acids is 2. The minimum Gasteiger partial charge on any atom is -0.484 e. The number of nitrogens with one attached hydrogen (secondary N) is 1. The first kappa shape index (κ1) is 28.4. The van der Waals surface area contributed by atoms with Crippen molar-refractivity contribution in [3.8, 4) is 5.75 Å². The van der Waals surface area contributed by atoms with Crippen LogP contribution in [0.4, 0.5) is 4.39 Å². The zero-order chi connectivity index (χ0) is 27.2. The first-order valence-corrected chi connectivity index (χ1v) is 13.0. The van der Waals surface area contributed by atoms with Crippen LogP contribution in [0, 0.1) is 19.7 Å². The second-order valence-electron chi connectivity index (χ2n) is 10.2. The Morgan fingerprint density at radius 2 is 1.59 bits per heavy atom. The van der Waals surface area contributed by atoms with Gasteiger partial charge in [-0.1, -0.05) is 64.5 Å². The zero-order valence-electron chi connectivity index (χ0n) is 22.0. The molecule has 5 nitrogen and oxygen atoms in total. The molecule has 0 saturated heterocycles. The number of ether oxygens (including phenoxy) is 1. The van der Waals surface area contributed by atoms with Gasteiger partial charge in [-0.25, -0.2) is 4.39 Å². The van der Waals surface area contributed by atoms with E-state index in [9.17, 15) is 14.0 Å². The summed E-state index contributed by atoms with van der Waals surface area (Å²) in [4.78, 5) is 28.6. The highest BCUT2D eigenvalue weighted by atomic mass is 79.9. The van der Waals surface area contributed by atoms with Crippen molar-refractivity contribution in [1.82, 2.24) is 10.2 Å². The molecule has 1 atom stereocenters. The van der Waals surface area contributed by atoms with E-state index < -0.39 is 23.3 Å². The average molecular weight is 570 g/mol. The summed E-state index contributed by atoms with van der Waals surface area (Å²) in [5, 5.41) is 3.00. The third-order valence-corrected chi connectivity index (χ3v) is 7.09. The van der Waals surface area contributed by atoms with Crippen LogP contribution in [-0.2, 0) is 22.6 Å². The highest BCUT2D eigenvalue weighted by molar-refractivity contribution is 9.10. The molecule has 0 radical (unpaired) electrons. The number of nitrogens with zero attached hydrogens (tertiary/aromatic N) is 1. The summed E-state index contributed by atoms with van der Waals surface area (Å²) in [6, 6.07) is 18.6. The van der Waals surface area contributed by atoms with Crippen molar-refractivity contribution < 1.29 is 18.7 Å². The van der Waals surface area contributed by atoms with Gasteiger partial charge in [-0.15, -0.1) is 0 Å². The van der Waals surface area contributed by atoms with Crippen LogP contribution in [0.3, 0.4) is 0 Å². The molecule has 0 bridgehead atoms. The van der Waals surface area contributed by atoms with E-state index in [0.29, 0.717) is 11.3 Å². The van der Waals surface area contributed by atoms with Crippen LogP contribution in [0.25, 0.3) is 0 Å². The van der Waals surface area contributed by atoms with Crippen molar-refractivity contribution in [2.24, 2.45) is 0 Å². The quantitative estimate of drug-likeness (QED) is 0.337. The normalized spacial score (nSPS) is 12.1. The lowest BCUT2D eigenvalue weighted by Crippen LogP contribution is -2.55. The van der Waals surface area contributed by atoms with E-state index in [1.807, 2.05) is 77.1 Å². The molecule has 0 aliphatic heterocycles. The van der Waals surface area contributed by atoms with E-state index in [0.717, 1.165) is 21.2 Å². The Morgan fingerprint density at radius 3 is 2.19 bits per heavy atom. The van der Waals surface area contributed by atoms with Gasteiger partial charge in [0, 0.05) is 28.5 Å². The molecule has 0 fully saturated rings. The van der Waals surface area contributed by atoms with Crippen LogP contribution in [0.15, 0.2) is 71.2 Å². The summed E-state index contributed by atoms with van der Waals surface area (Å²) in [6.07, 6.45) is 0.277. The molecular formula is C30H34BrFN2O3. The molecule has 3 aromatic rings. The number of hydrogen-bond acceptors (Lipinski definition) is 3. The number of aryl methyl sites for hydroxylation is 2. The zero-order valence-corrected chi connectivity index (χ0v) is 23.6. The lowest BCUT2D eigenvalue weighted by molar-refractivity contribution is -0.143. The van der Waals surface area contributed by atoms with Gasteiger partial charge in [-0.2, -0.15) is 0 Å². The van der Waals surface area contributed by atoms with E-state index in [4.69, 9.17) is 4.74 Å². The maximum absolute atomic E-state index is 14.7. The molecule has 3 rings (SSSR count). The highest BCUT2D eigenvalue weighted by Gasteiger charge is 2.33. The first-order chi connectivity index (χ1) is 17.4. The lowest BCUT2D eigenvalue weighted by atomic mass is 10.0. The molecular weight excluding hydrogens is 535 g/mol. The largest absolute Gasteiger partial charge is 0.484 e. The summed E-state index contributed by atoms with van der Waals surface area (Å²) in [6.45, 7) is 9.19. The molecule has 0 aliphatic carbocycles. The number of carbonyl (C=O) groups is 2. The second kappa shape index (κ2) is 12.4. The monoisotopic (exact) mass is 568 g/mol. The van der Waals surface area contributed by atoms with Crippen molar-refractivity contribution in [3.63, 3.8) is 0 Å². The van der Waals surface area contributed by atoms with Gasteiger partial charge in [0.25, 0.3) is 5.91 Å². The molecule has 0 spiro atoms. The van der Waals surface area contributed by atoms with Crippen molar-refractivity contribution in [3.05, 3.63) is 99.3 Å². The van der Waals surface area contributed by atoms with E-state index in [1.54, 1.807) is 18.2 Å². The van der Waals surface area contributed by atoms with Gasteiger partial charge in [0.15, 0.2) is 6.61 Å². The number of rotatable bonds is 9. The predicted octanol–water partition coefficient (Wildman–Crippen LogP) is 6.14. The number of amides is 2. The van der Waals surface area contributed by atoms with Crippen LogP contribution in [0.1, 0.15) is 43.0 Å². The third kappa shape index (κ3) is 8.15. The molecule has 1 unspecified atom stereocenters. The highest BCUT2D eigenvalue weighted by Crippen LogP contribution is 2.26. The lowest BCUT2D eigenvalue weighted by Gasteiger charge is -2.33. The molecule has 0 aromatic heterocycles. The Kier molecular flexibility index (Phi) is 9.49. The van der Waals surface area contributed by atoms with Crippen molar-refractivity contribution in [2.75, 3.05) is 6.61 Å². The van der Waals surface area contributed by atoms with E-state index in [2.05, 4.69) is 21.2 Å². The first-order valence-electron chi connectivity index (χ1n) is 12.2. The molecule has 7 heteroatoms. The fourth-order valence-corrected chi connectivity index (χ4v) is 4.26. The van der Waals surface area contributed by atoms with Crippen LogP contribution in [-0.4, -0.2) is 34.9 Å². The fourth-order valence-electron chi connectivity index (χ4n) is 4.03. The summed E-state index contributed by atoms with van der Waals surface area (Å²) < 4.78 is 21.5. The van der Waals surface area contributed by atoms with Gasteiger partial charge < -0.3 is 15.0 Å². The molecule has 3 aromatic carbocycles. The Hall–Kier alpha value is -3.19. The number of benzene rings is 3. The topological polar surface area (TPSA) is 58.6 Å². The third-order valence-electron chi connectivity index (χ3n) is 5.84. The van der Waals surface area contributed by atoms with Crippen LogP contribution >= 0.6 is 15.9 Å². The molecule has 0 saturated carbocycles. The van der Waals surface area contributed by atoms with Gasteiger partial charge in [0.2, 0.25) is 5.91 Å². The summed E-state index contributed by atoms with van der Waals surface area (Å²) in [5.41, 5.74) is 2.67. The molecule has 0 heterocycles. The van der Waals surface area contributed by atoms with Gasteiger partial charge in [0.1, 0.15) is 17.6 Å². The smallest absolute Gasteiger partial charge is 0.261 e. The molecule has 2 amide bonds. The Morgan fingerprint density at radius 1 is 1.00 bits per heavy atom. The summed E-state index contributed by atoms with van der Waals surface area (Å²) in [5.74, 6) is -0.603. The number of hydrogen-bond donors (Lipinski definition) is 1. The molecule has 37 heavy (non-hydrogen) atoms. The van der Waals surface area contributed by atoms with Gasteiger partial charge >= 0.3 is 0 Å². The maximum atomic E-state index is 14.7. The summed E-state index contributed by atoms with van der Waals surface area (Å²) in [7, 11) is 0. The van der Waals surface area contributed by atoms with Gasteiger partial charge in [-0.3, -0.25) is 9.59 Å². The van der Waals surface area contributed by atoms with Crippen LogP contribution in [0.2, 0.25) is 0 Å². The van der Waals surface area contributed by atoms with Crippen molar-refractivity contribution >= 4 is 27.7 Å². The SMILES string of the molecule is Cc1cc(OCC(=O)N(Cc2ccccc2F)C(Cc2ccccc2)C(=O)NC(C)(C)C)cc(C)c1Br. The Labute approximate surface area is 227 Å². The molecule has 1 N–H and O–H groups in total. The standard InChI is InChI=1S/C30H34BrFN2O3/c1-20-15-24(16-21(2)28(20)31)37-19-27(35)34(18-23-13-9-10-14-25(23)32)26(29(36)33-30(3,4)5)17-22-11-7-6-8-12-22/h6-16,26H,17-19H2,1-5H3,(H,33,36). The minimum atomic E-state index is -0.870. The molecule has 0 aliphatic rings. The predicted molar refractivity (Wildman–Crippen MR) is 148 cm³/mol. The van der Waals surface area contributed by atoms with Gasteiger partial charge in [0.05, 0.1) is 0 Å². The average Bonchev–Trinajstić information content (AvgIpc) is 2.83. The summed E-state index contributed by atoms with van der Waals surface area (Å²) >= 11 is 3.54. The van der Waals surface area contributed by atoms with Crippen LogP contribution < -0.4 is 10.1 Å². The molecule has 196 valence electrons. The Balaban J connectivity index is 1.95. The van der Waals surface area contributed by atoms with E-state index >= 15 is 0 Å². The maximum Gasteiger partial charge on any atom is 0.261 e. The second-order valence-corrected chi connectivity index (χ2v) is 11.0. The van der Waals surface area contributed by atoms with Gasteiger partial charge in [-0.05, 0) is 69.5 Å². The fraction of sp³-hybridized carbons (Fsp3) is 0.333. The van der Waals surface area contributed by atoms with Crippen molar-refractivity contribution in [1.29, 1.82) is 0 Å². The Bertz CT molecular complexity index is 1220. The van der Waals surface area contributed by atoms with E-state index in [-0.39, 0.29) is 25.5 Å². The van der Waals surface area contributed by atoms with Crippen molar-refractivity contribution in [2.45, 2.75) is 59.2 Å². The van der Waals surface area contributed by atoms with E-state index in [1.165, 1.54) is 11.0 Å². The van der Waals surface area contributed by atoms with Crippen LogP contribution in [0.5, 0.6) is 5.75 Å². The number of halogens is 2.